The van der Waals surface area contributed by atoms with Crippen molar-refractivity contribution in [1.29, 1.82) is 0 Å². The Morgan fingerprint density at radius 1 is 1.00 bits per heavy atom. The number of pyridine rings is 1. The van der Waals surface area contributed by atoms with E-state index in [0.717, 1.165) is 51.2 Å². The Hall–Kier alpha value is -3.47. The summed E-state index contributed by atoms with van der Waals surface area (Å²) >= 11 is 0. The van der Waals surface area contributed by atoms with E-state index in [2.05, 4.69) is 20.3 Å². The third kappa shape index (κ3) is 5.93. The highest BCUT2D eigenvalue weighted by atomic mass is 19.4. The van der Waals surface area contributed by atoms with Crippen LogP contribution in [0.25, 0.3) is 10.9 Å². The molecule has 2 aliphatic heterocycles. The fourth-order valence-electron chi connectivity index (χ4n) is 5.15. The number of fused-ring (bicyclic) bond motifs is 1. The molecule has 5 rings (SSSR count). The molecule has 37 heavy (non-hydrogen) atoms. The van der Waals surface area contributed by atoms with Crippen molar-refractivity contribution >= 4 is 28.4 Å². The highest BCUT2D eigenvalue weighted by Crippen LogP contribution is 2.28. The first kappa shape index (κ1) is 25.2. The quantitative estimate of drug-likeness (QED) is 0.553. The van der Waals surface area contributed by atoms with Crippen molar-refractivity contribution in [1.82, 2.24) is 24.6 Å². The Kier molecular flexibility index (Phi) is 7.14. The molecule has 2 aliphatic rings. The second kappa shape index (κ2) is 10.5. The zero-order valence-electron chi connectivity index (χ0n) is 20.4. The predicted octanol–water partition coefficient (Wildman–Crippen LogP) is 4.18. The van der Waals surface area contributed by atoms with Crippen LogP contribution in [0.2, 0.25) is 0 Å². The van der Waals surface area contributed by atoms with E-state index in [-0.39, 0.29) is 18.1 Å². The van der Waals surface area contributed by atoms with Gasteiger partial charge >= 0.3 is 6.18 Å². The predicted molar refractivity (Wildman–Crippen MR) is 132 cm³/mol. The fraction of sp³-hybridized carbons (Fsp3) is 0.462. The minimum absolute atomic E-state index is 0.0223. The van der Waals surface area contributed by atoms with Gasteiger partial charge in [0.1, 0.15) is 17.9 Å². The molecule has 0 unspecified atom stereocenters. The molecule has 1 N–H and O–H groups in total. The van der Waals surface area contributed by atoms with E-state index >= 15 is 0 Å². The highest BCUT2D eigenvalue weighted by Gasteiger charge is 2.33. The Morgan fingerprint density at radius 3 is 2.49 bits per heavy atom. The van der Waals surface area contributed by atoms with Gasteiger partial charge in [0.25, 0.3) is 5.91 Å². The first-order chi connectivity index (χ1) is 17.8. The molecular formula is C26H29F3N6O2. The molecule has 0 atom stereocenters. The maximum atomic E-state index is 12.9. The molecule has 2 saturated heterocycles. The standard InChI is InChI=1S/C26H29F3N6O2/c27-26(28,29)23-6-4-5-22(31-23)25(37)30-19-7-8-21-18(15-19)16-35(32-21)17-24(36)34-13-9-20(10-14-34)33-11-2-1-3-12-33/h4-8,15-16,20H,1-3,9-14,17H2,(H,30,37). The van der Waals surface area contributed by atoms with Crippen LogP contribution in [0.1, 0.15) is 48.3 Å². The summed E-state index contributed by atoms with van der Waals surface area (Å²) in [5, 5.41) is 7.74. The summed E-state index contributed by atoms with van der Waals surface area (Å²) in [5.41, 5.74) is -0.424. The summed E-state index contributed by atoms with van der Waals surface area (Å²) < 4.78 is 40.3. The average Bonchev–Trinajstić information content (AvgIpc) is 3.30. The number of nitrogens with zero attached hydrogens (tertiary/aromatic N) is 5. The molecule has 1 aromatic carbocycles. The van der Waals surface area contributed by atoms with Gasteiger partial charge in [0.2, 0.25) is 5.91 Å². The largest absolute Gasteiger partial charge is 0.433 e. The molecule has 0 saturated carbocycles. The van der Waals surface area contributed by atoms with Crippen molar-refractivity contribution in [2.45, 2.75) is 50.9 Å². The van der Waals surface area contributed by atoms with Crippen LogP contribution < -0.4 is 5.32 Å². The summed E-state index contributed by atoms with van der Waals surface area (Å²) in [5.74, 6) is -0.727. The number of hydrogen-bond acceptors (Lipinski definition) is 5. The van der Waals surface area contributed by atoms with E-state index in [0.29, 0.717) is 22.6 Å². The summed E-state index contributed by atoms with van der Waals surface area (Å²) in [6.45, 7) is 3.95. The van der Waals surface area contributed by atoms with Crippen LogP contribution in [0.4, 0.5) is 18.9 Å². The van der Waals surface area contributed by atoms with Crippen LogP contribution in [-0.4, -0.2) is 68.6 Å². The van der Waals surface area contributed by atoms with Gasteiger partial charge in [0.15, 0.2) is 0 Å². The molecule has 0 bridgehead atoms. The Morgan fingerprint density at radius 2 is 1.76 bits per heavy atom. The van der Waals surface area contributed by atoms with E-state index in [1.807, 2.05) is 4.90 Å². The normalized spacial score (nSPS) is 17.8. The van der Waals surface area contributed by atoms with Crippen LogP contribution in [0, 0.1) is 0 Å². The van der Waals surface area contributed by atoms with Crippen molar-refractivity contribution in [2.75, 3.05) is 31.5 Å². The van der Waals surface area contributed by atoms with Crippen LogP contribution in [-0.2, 0) is 17.5 Å². The summed E-state index contributed by atoms with van der Waals surface area (Å²) in [4.78, 5) is 33.3. The SMILES string of the molecule is O=C(Nc1ccc2nn(CC(=O)N3CCC(N4CCCCC4)CC3)cc2c1)c1cccc(C(F)(F)F)n1. The van der Waals surface area contributed by atoms with Crippen molar-refractivity contribution < 1.29 is 22.8 Å². The van der Waals surface area contributed by atoms with Gasteiger partial charge in [-0.3, -0.25) is 14.3 Å². The fourth-order valence-corrected chi connectivity index (χ4v) is 5.15. The van der Waals surface area contributed by atoms with Crippen molar-refractivity contribution in [3.05, 3.63) is 54.0 Å². The van der Waals surface area contributed by atoms with Gasteiger partial charge in [-0.05, 0) is 69.1 Å². The molecular weight excluding hydrogens is 485 g/mol. The van der Waals surface area contributed by atoms with Crippen LogP contribution >= 0.6 is 0 Å². The zero-order valence-corrected chi connectivity index (χ0v) is 20.4. The van der Waals surface area contributed by atoms with Gasteiger partial charge < -0.3 is 15.1 Å². The molecule has 4 heterocycles. The van der Waals surface area contributed by atoms with Gasteiger partial charge in [0.05, 0.1) is 5.52 Å². The summed E-state index contributed by atoms with van der Waals surface area (Å²) in [6.07, 6.45) is 2.93. The maximum Gasteiger partial charge on any atom is 0.433 e. The number of anilines is 1. The molecule has 196 valence electrons. The molecule has 0 spiro atoms. The lowest BCUT2D eigenvalue weighted by molar-refractivity contribution is -0.141. The highest BCUT2D eigenvalue weighted by molar-refractivity contribution is 6.03. The second-order valence-corrected chi connectivity index (χ2v) is 9.67. The van der Waals surface area contributed by atoms with Crippen molar-refractivity contribution in [3.8, 4) is 0 Å². The molecule has 2 amide bonds. The number of rotatable bonds is 5. The number of nitrogens with one attached hydrogen (secondary N) is 1. The number of carbonyl (C=O) groups excluding carboxylic acids is 2. The second-order valence-electron chi connectivity index (χ2n) is 9.67. The average molecular weight is 515 g/mol. The van der Waals surface area contributed by atoms with Crippen LogP contribution in [0.3, 0.4) is 0 Å². The summed E-state index contributed by atoms with van der Waals surface area (Å²) in [6, 6.07) is 8.71. The monoisotopic (exact) mass is 514 g/mol. The Balaban J connectivity index is 1.19. The number of carbonyl (C=O) groups is 2. The number of likely N-dealkylation sites (tertiary alicyclic amines) is 2. The van der Waals surface area contributed by atoms with Gasteiger partial charge in [-0.25, -0.2) is 4.98 Å². The zero-order chi connectivity index (χ0) is 26.0. The molecule has 2 aromatic heterocycles. The van der Waals surface area contributed by atoms with Crippen molar-refractivity contribution in [2.24, 2.45) is 0 Å². The third-order valence-corrected chi connectivity index (χ3v) is 7.10. The topological polar surface area (TPSA) is 83.4 Å². The number of piperidine rings is 2. The number of amides is 2. The number of benzene rings is 1. The molecule has 8 nitrogen and oxygen atoms in total. The molecule has 2 fully saturated rings. The lowest BCUT2D eigenvalue weighted by atomic mass is 10.00. The Labute approximate surface area is 212 Å². The molecule has 3 aromatic rings. The molecule has 0 aliphatic carbocycles. The molecule has 0 radical (unpaired) electrons. The molecule has 11 heteroatoms. The first-order valence-corrected chi connectivity index (χ1v) is 12.6. The van der Waals surface area contributed by atoms with Gasteiger partial charge in [-0.1, -0.05) is 12.5 Å². The minimum atomic E-state index is -4.63. The van der Waals surface area contributed by atoms with E-state index in [1.54, 1.807) is 29.1 Å². The van der Waals surface area contributed by atoms with E-state index in [9.17, 15) is 22.8 Å². The lowest BCUT2D eigenvalue weighted by Gasteiger charge is -2.40. The van der Waals surface area contributed by atoms with Gasteiger partial charge in [-0.15, -0.1) is 0 Å². The smallest absolute Gasteiger partial charge is 0.341 e. The number of aromatic nitrogens is 3. The van der Waals surface area contributed by atoms with E-state index < -0.39 is 17.8 Å². The summed E-state index contributed by atoms with van der Waals surface area (Å²) in [7, 11) is 0. The van der Waals surface area contributed by atoms with Crippen LogP contribution in [0.5, 0.6) is 0 Å². The van der Waals surface area contributed by atoms with E-state index in [1.165, 1.54) is 25.3 Å². The minimum Gasteiger partial charge on any atom is -0.341 e. The van der Waals surface area contributed by atoms with Gasteiger partial charge in [-0.2, -0.15) is 18.3 Å². The first-order valence-electron chi connectivity index (χ1n) is 12.6. The number of halogens is 3. The lowest BCUT2D eigenvalue weighted by Crippen LogP contribution is -2.48. The van der Waals surface area contributed by atoms with Gasteiger partial charge in [0, 0.05) is 36.4 Å². The third-order valence-electron chi connectivity index (χ3n) is 7.10. The Bertz CT molecular complexity index is 1280. The maximum absolute atomic E-state index is 12.9. The van der Waals surface area contributed by atoms with Crippen molar-refractivity contribution in [3.63, 3.8) is 0 Å². The number of hydrogen-bond donors (Lipinski definition) is 1. The van der Waals surface area contributed by atoms with Crippen LogP contribution in [0.15, 0.2) is 42.6 Å². The number of alkyl halides is 3. The van der Waals surface area contributed by atoms with E-state index in [4.69, 9.17) is 0 Å².